The first-order chi connectivity index (χ1) is 9.81. The van der Waals surface area contributed by atoms with Crippen molar-refractivity contribution in [1.82, 2.24) is 24.4 Å². The molecule has 1 atom stereocenters. The summed E-state index contributed by atoms with van der Waals surface area (Å²) in [6.07, 6.45) is 6.78. The molecule has 1 unspecified atom stereocenters. The van der Waals surface area contributed by atoms with Crippen LogP contribution < -0.4 is 4.90 Å². The van der Waals surface area contributed by atoms with Crippen molar-refractivity contribution in [2.45, 2.75) is 19.4 Å². The van der Waals surface area contributed by atoms with Crippen molar-refractivity contribution in [2.75, 3.05) is 18.0 Å². The minimum atomic E-state index is 0.434. The summed E-state index contributed by atoms with van der Waals surface area (Å²) in [5.74, 6) is 1.12. The Morgan fingerprint density at radius 1 is 1.25 bits per heavy atom. The monoisotopic (exact) mass is 268 g/mol. The van der Waals surface area contributed by atoms with Gasteiger partial charge in [-0.15, -0.1) is 0 Å². The third-order valence-electron chi connectivity index (χ3n) is 3.86. The highest BCUT2D eigenvalue weighted by Gasteiger charge is 2.26. The molecule has 1 aliphatic heterocycles. The van der Waals surface area contributed by atoms with Gasteiger partial charge in [-0.2, -0.15) is 14.7 Å². The maximum Gasteiger partial charge on any atom is 0.157 e. The van der Waals surface area contributed by atoms with Gasteiger partial charge in [0.1, 0.15) is 5.82 Å². The highest BCUT2D eigenvalue weighted by atomic mass is 15.4. The lowest BCUT2D eigenvalue weighted by Gasteiger charge is -2.20. The number of hydrogen-bond acceptors (Lipinski definition) is 4. The lowest BCUT2D eigenvalue weighted by atomic mass is 10.3. The van der Waals surface area contributed by atoms with E-state index in [0.29, 0.717) is 6.04 Å². The number of anilines is 1. The minimum Gasteiger partial charge on any atom is -0.354 e. The first-order valence-corrected chi connectivity index (χ1v) is 6.87. The molecule has 4 rings (SSSR count). The molecule has 1 saturated heterocycles. The van der Waals surface area contributed by atoms with Gasteiger partial charge in [0.2, 0.25) is 0 Å². The van der Waals surface area contributed by atoms with Gasteiger partial charge in [0, 0.05) is 43.3 Å². The SMILES string of the molecule is Cc1cc(N2CCC(n3cccn3)C2)n2nccc2n1. The van der Waals surface area contributed by atoms with Crippen molar-refractivity contribution in [3.63, 3.8) is 0 Å². The predicted molar refractivity (Wildman–Crippen MR) is 75.8 cm³/mol. The van der Waals surface area contributed by atoms with E-state index in [1.54, 1.807) is 6.20 Å². The predicted octanol–water partition coefficient (Wildman–Crippen LogP) is 1.69. The van der Waals surface area contributed by atoms with Crippen molar-refractivity contribution in [3.8, 4) is 0 Å². The van der Waals surface area contributed by atoms with Crippen LogP contribution in [0.1, 0.15) is 18.2 Å². The molecule has 0 aromatic carbocycles. The van der Waals surface area contributed by atoms with Gasteiger partial charge in [-0.3, -0.25) is 4.68 Å². The molecular formula is C14H16N6. The molecule has 3 aromatic rings. The number of hydrogen-bond donors (Lipinski definition) is 0. The van der Waals surface area contributed by atoms with Gasteiger partial charge < -0.3 is 4.90 Å². The second-order valence-electron chi connectivity index (χ2n) is 5.23. The van der Waals surface area contributed by atoms with Gasteiger partial charge in [0.25, 0.3) is 0 Å². The average Bonchev–Trinajstić information content (AvgIpc) is 3.18. The summed E-state index contributed by atoms with van der Waals surface area (Å²) < 4.78 is 3.97. The molecule has 1 fully saturated rings. The zero-order valence-electron chi connectivity index (χ0n) is 11.3. The summed E-state index contributed by atoms with van der Waals surface area (Å²) in [6.45, 7) is 4.00. The second kappa shape index (κ2) is 4.33. The summed E-state index contributed by atoms with van der Waals surface area (Å²) >= 11 is 0. The molecular weight excluding hydrogens is 252 g/mol. The zero-order chi connectivity index (χ0) is 13.5. The Kier molecular flexibility index (Phi) is 2.48. The van der Waals surface area contributed by atoms with Crippen molar-refractivity contribution in [2.24, 2.45) is 0 Å². The van der Waals surface area contributed by atoms with E-state index in [2.05, 4.69) is 26.1 Å². The van der Waals surface area contributed by atoms with E-state index in [4.69, 9.17) is 0 Å². The van der Waals surface area contributed by atoms with Crippen LogP contribution in [0.3, 0.4) is 0 Å². The van der Waals surface area contributed by atoms with E-state index in [1.807, 2.05) is 40.6 Å². The van der Waals surface area contributed by atoms with Crippen LogP contribution in [-0.2, 0) is 0 Å². The van der Waals surface area contributed by atoms with Crippen LogP contribution in [0.4, 0.5) is 5.82 Å². The topological polar surface area (TPSA) is 51.2 Å². The molecule has 102 valence electrons. The van der Waals surface area contributed by atoms with Crippen molar-refractivity contribution >= 4 is 11.5 Å². The molecule has 0 N–H and O–H groups in total. The number of aryl methyl sites for hydroxylation is 1. The fourth-order valence-corrected chi connectivity index (χ4v) is 2.91. The molecule has 0 bridgehead atoms. The number of aromatic nitrogens is 5. The maximum absolute atomic E-state index is 4.49. The van der Waals surface area contributed by atoms with E-state index in [0.717, 1.165) is 36.7 Å². The largest absolute Gasteiger partial charge is 0.354 e. The number of nitrogens with zero attached hydrogens (tertiary/aromatic N) is 6. The number of fused-ring (bicyclic) bond motifs is 1. The number of rotatable bonds is 2. The van der Waals surface area contributed by atoms with Crippen LogP contribution in [0.2, 0.25) is 0 Å². The molecule has 0 aliphatic carbocycles. The Balaban J connectivity index is 1.69. The summed E-state index contributed by atoms with van der Waals surface area (Å²) in [5, 5.41) is 8.73. The summed E-state index contributed by atoms with van der Waals surface area (Å²) in [7, 11) is 0. The molecule has 3 aromatic heterocycles. The van der Waals surface area contributed by atoms with Crippen LogP contribution in [-0.4, -0.2) is 37.5 Å². The van der Waals surface area contributed by atoms with Crippen molar-refractivity contribution in [1.29, 1.82) is 0 Å². The molecule has 1 aliphatic rings. The van der Waals surface area contributed by atoms with E-state index in [-0.39, 0.29) is 0 Å². The van der Waals surface area contributed by atoms with Crippen LogP contribution in [0.25, 0.3) is 5.65 Å². The third kappa shape index (κ3) is 1.76. The molecule has 0 saturated carbocycles. The highest BCUT2D eigenvalue weighted by molar-refractivity contribution is 5.51. The smallest absolute Gasteiger partial charge is 0.157 e. The summed E-state index contributed by atoms with van der Waals surface area (Å²) in [6, 6.07) is 6.46. The van der Waals surface area contributed by atoms with Gasteiger partial charge in [-0.25, -0.2) is 4.98 Å². The van der Waals surface area contributed by atoms with Gasteiger partial charge >= 0.3 is 0 Å². The normalized spacial score (nSPS) is 19.1. The Hall–Kier alpha value is -2.37. The lowest BCUT2D eigenvalue weighted by molar-refractivity contribution is 0.494. The summed E-state index contributed by atoms with van der Waals surface area (Å²) in [5.41, 5.74) is 1.93. The van der Waals surface area contributed by atoms with Crippen LogP contribution in [0.5, 0.6) is 0 Å². The Bertz CT molecular complexity index is 729. The molecule has 4 heterocycles. The average molecular weight is 268 g/mol. The fraction of sp³-hybridized carbons (Fsp3) is 0.357. The molecule has 6 nitrogen and oxygen atoms in total. The van der Waals surface area contributed by atoms with Gasteiger partial charge in [-0.1, -0.05) is 0 Å². The van der Waals surface area contributed by atoms with Crippen LogP contribution in [0, 0.1) is 6.92 Å². The first kappa shape index (κ1) is 11.5. The van der Waals surface area contributed by atoms with Crippen molar-refractivity contribution in [3.05, 3.63) is 42.5 Å². The molecule has 20 heavy (non-hydrogen) atoms. The molecule has 0 radical (unpaired) electrons. The fourth-order valence-electron chi connectivity index (χ4n) is 2.91. The second-order valence-corrected chi connectivity index (χ2v) is 5.23. The van der Waals surface area contributed by atoms with E-state index in [9.17, 15) is 0 Å². The lowest BCUT2D eigenvalue weighted by Crippen LogP contribution is -2.24. The standard InChI is InChI=1S/C14H16N6/c1-11-9-14(20-13(17-11)3-6-16-20)18-8-4-12(10-18)19-7-2-5-15-19/h2-3,5-7,9,12H,4,8,10H2,1H3. The van der Waals surface area contributed by atoms with Crippen LogP contribution >= 0.6 is 0 Å². The van der Waals surface area contributed by atoms with Gasteiger partial charge in [-0.05, 0) is 19.4 Å². The van der Waals surface area contributed by atoms with E-state index < -0.39 is 0 Å². The Morgan fingerprint density at radius 2 is 2.20 bits per heavy atom. The van der Waals surface area contributed by atoms with E-state index >= 15 is 0 Å². The third-order valence-corrected chi connectivity index (χ3v) is 3.86. The first-order valence-electron chi connectivity index (χ1n) is 6.87. The molecule has 0 spiro atoms. The Morgan fingerprint density at radius 3 is 3.05 bits per heavy atom. The molecule has 0 amide bonds. The van der Waals surface area contributed by atoms with Crippen LogP contribution in [0.15, 0.2) is 36.8 Å². The van der Waals surface area contributed by atoms with Gasteiger partial charge in [0.05, 0.1) is 12.2 Å². The zero-order valence-corrected chi connectivity index (χ0v) is 11.3. The maximum atomic E-state index is 4.49. The van der Waals surface area contributed by atoms with Gasteiger partial charge in [0.15, 0.2) is 5.65 Å². The van der Waals surface area contributed by atoms with Crippen molar-refractivity contribution < 1.29 is 0 Å². The Labute approximate surface area is 116 Å². The summed E-state index contributed by atoms with van der Waals surface area (Å²) in [4.78, 5) is 6.86. The quantitative estimate of drug-likeness (QED) is 0.709. The van der Waals surface area contributed by atoms with E-state index in [1.165, 1.54) is 0 Å². The molecule has 6 heteroatoms. The minimum absolute atomic E-state index is 0.434. The highest BCUT2D eigenvalue weighted by Crippen LogP contribution is 2.26.